The van der Waals surface area contributed by atoms with Crippen molar-refractivity contribution < 1.29 is 36.6 Å². The molecule has 2 rings (SSSR count). The van der Waals surface area contributed by atoms with E-state index in [9.17, 15) is 26.7 Å². The maximum Gasteiger partial charge on any atom is 0.303 e. The molecule has 0 saturated carbocycles. The van der Waals surface area contributed by atoms with E-state index in [0.29, 0.717) is 24.8 Å². The lowest BCUT2D eigenvalue weighted by Gasteiger charge is -2.30. The number of aliphatic hydroxyl groups excluding tert-OH is 1. The molecule has 1 heterocycles. The van der Waals surface area contributed by atoms with Gasteiger partial charge in [-0.15, -0.1) is 0 Å². The topological polar surface area (TPSA) is 138 Å². The zero-order valence-corrected chi connectivity index (χ0v) is 18.1. The lowest BCUT2D eigenvalue weighted by Crippen LogP contribution is -2.47. The van der Waals surface area contributed by atoms with Gasteiger partial charge in [-0.25, -0.2) is 16.8 Å². The number of rotatable bonds is 10. The third-order valence-corrected chi connectivity index (χ3v) is 8.48. The normalized spacial score (nSPS) is 21.4. The highest BCUT2D eigenvalue weighted by Gasteiger charge is 2.45. The van der Waals surface area contributed by atoms with Crippen LogP contribution in [0.3, 0.4) is 0 Å². The van der Waals surface area contributed by atoms with E-state index in [-0.39, 0.29) is 23.6 Å². The first-order chi connectivity index (χ1) is 13.5. The SMILES string of the molecule is COc1ccc(C)cc1S(=O)(=O)N(CCCCCC(=O)O)[C@H]1CS(=O)(=O)C[C@H]1O. The molecule has 0 unspecified atom stereocenters. The van der Waals surface area contributed by atoms with Crippen molar-refractivity contribution in [3.8, 4) is 5.75 Å². The summed E-state index contributed by atoms with van der Waals surface area (Å²) in [7, 11) is -6.39. The van der Waals surface area contributed by atoms with Gasteiger partial charge in [0.1, 0.15) is 10.6 Å². The molecule has 2 atom stereocenters. The summed E-state index contributed by atoms with van der Waals surface area (Å²) < 4.78 is 57.0. The number of sulfonamides is 1. The molecule has 2 N–H and O–H groups in total. The smallest absolute Gasteiger partial charge is 0.303 e. The number of ether oxygens (including phenoxy) is 1. The van der Waals surface area contributed by atoms with E-state index in [1.165, 1.54) is 19.2 Å². The number of methoxy groups -OCH3 is 1. The Bertz CT molecular complexity index is 943. The molecule has 1 aromatic carbocycles. The third kappa shape index (κ3) is 5.91. The number of hydrogen-bond donors (Lipinski definition) is 2. The minimum atomic E-state index is -4.17. The molecule has 1 fully saturated rings. The van der Waals surface area contributed by atoms with Crippen LogP contribution in [0.5, 0.6) is 5.75 Å². The Kier molecular flexibility index (Phi) is 7.66. The highest BCUT2D eigenvalue weighted by atomic mass is 32.2. The van der Waals surface area contributed by atoms with Crippen molar-refractivity contribution in [3.63, 3.8) is 0 Å². The molecular weight excluding hydrogens is 422 g/mol. The second-order valence-electron chi connectivity index (χ2n) is 7.19. The Labute approximate surface area is 171 Å². The van der Waals surface area contributed by atoms with E-state index in [1.807, 2.05) is 0 Å². The van der Waals surface area contributed by atoms with Crippen LogP contribution in [0.2, 0.25) is 0 Å². The van der Waals surface area contributed by atoms with Gasteiger partial charge >= 0.3 is 5.97 Å². The summed E-state index contributed by atoms with van der Waals surface area (Å²) in [6.07, 6.45) is -0.186. The van der Waals surface area contributed by atoms with Crippen molar-refractivity contribution in [1.29, 1.82) is 0 Å². The first-order valence-corrected chi connectivity index (χ1v) is 12.5. The Morgan fingerprint density at radius 1 is 1.24 bits per heavy atom. The lowest BCUT2D eigenvalue weighted by molar-refractivity contribution is -0.137. The molecule has 164 valence electrons. The van der Waals surface area contributed by atoms with Crippen molar-refractivity contribution >= 4 is 25.8 Å². The fourth-order valence-electron chi connectivity index (χ4n) is 3.38. The average Bonchev–Trinajstić information content (AvgIpc) is 2.89. The first-order valence-electron chi connectivity index (χ1n) is 9.24. The van der Waals surface area contributed by atoms with E-state index < -0.39 is 49.5 Å². The molecule has 29 heavy (non-hydrogen) atoms. The van der Waals surface area contributed by atoms with E-state index in [2.05, 4.69) is 0 Å². The number of carbonyl (C=O) groups is 1. The summed E-state index contributed by atoms with van der Waals surface area (Å²) in [6.45, 7) is 1.69. The molecule has 11 heteroatoms. The van der Waals surface area contributed by atoms with Crippen molar-refractivity contribution in [3.05, 3.63) is 23.8 Å². The minimum absolute atomic E-state index is 0.0289. The van der Waals surface area contributed by atoms with E-state index in [0.717, 1.165) is 4.31 Å². The minimum Gasteiger partial charge on any atom is -0.495 e. The Balaban J connectivity index is 2.35. The zero-order valence-electron chi connectivity index (χ0n) is 16.4. The maximum atomic E-state index is 13.4. The van der Waals surface area contributed by atoms with Crippen LogP contribution in [-0.2, 0) is 24.7 Å². The van der Waals surface area contributed by atoms with E-state index >= 15 is 0 Å². The standard InChI is InChI=1S/C18H27NO8S2/c1-13-7-8-16(27-2)17(10-13)29(25,26)19(9-5-3-4-6-18(21)22)14-11-28(23,24)12-15(14)20/h7-8,10,14-15,20H,3-6,9,11-12H2,1-2H3,(H,21,22)/t14-,15+/m0/s1. The summed E-state index contributed by atoms with van der Waals surface area (Å²) in [4.78, 5) is 10.6. The van der Waals surface area contributed by atoms with Gasteiger partial charge in [0.05, 0.1) is 30.8 Å². The van der Waals surface area contributed by atoms with Crippen LogP contribution in [0.15, 0.2) is 23.1 Å². The van der Waals surface area contributed by atoms with Gasteiger partial charge in [-0.05, 0) is 37.5 Å². The molecule has 1 saturated heterocycles. The fraction of sp³-hybridized carbons (Fsp3) is 0.611. The van der Waals surface area contributed by atoms with Crippen molar-refractivity contribution in [1.82, 2.24) is 4.31 Å². The number of aliphatic carboxylic acids is 1. The van der Waals surface area contributed by atoms with Gasteiger partial charge in [-0.3, -0.25) is 4.79 Å². The Morgan fingerprint density at radius 3 is 2.48 bits per heavy atom. The summed E-state index contributed by atoms with van der Waals surface area (Å²) >= 11 is 0. The number of carboxylic acids is 1. The molecule has 9 nitrogen and oxygen atoms in total. The average molecular weight is 450 g/mol. The highest BCUT2D eigenvalue weighted by molar-refractivity contribution is 7.92. The summed E-state index contributed by atoms with van der Waals surface area (Å²) in [6, 6.07) is 3.56. The number of nitrogens with zero attached hydrogens (tertiary/aromatic N) is 1. The monoisotopic (exact) mass is 449 g/mol. The van der Waals surface area contributed by atoms with Crippen LogP contribution in [0.4, 0.5) is 0 Å². The molecule has 1 aliphatic heterocycles. The number of aliphatic hydroxyl groups is 1. The van der Waals surface area contributed by atoms with Crippen LogP contribution in [-0.4, -0.2) is 74.6 Å². The largest absolute Gasteiger partial charge is 0.495 e. The van der Waals surface area contributed by atoms with Crippen molar-refractivity contribution in [2.24, 2.45) is 0 Å². The fourth-order valence-corrected chi connectivity index (χ4v) is 7.21. The summed E-state index contributed by atoms with van der Waals surface area (Å²) in [5.74, 6) is -1.76. The third-order valence-electron chi connectivity index (χ3n) is 4.84. The van der Waals surface area contributed by atoms with Crippen LogP contribution in [0.1, 0.15) is 31.2 Å². The Morgan fingerprint density at radius 2 is 1.93 bits per heavy atom. The van der Waals surface area contributed by atoms with Crippen LogP contribution < -0.4 is 4.74 Å². The molecule has 0 radical (unpaired) electrons. The van der Waals surface area contributed by atoms with Gasteiger partial charge in [0.2, 0.25) is 10.0 Å². The number of carboxylic acid groups (broad SMARTS) is 1. The summed E-state index contributed by atoms with van der Waals surface area (Å²) in [5.41, 5.74) is 0.686. The molecule has 0 aromatic heterocycles. The first kappa shape index (κ1) is 23.6. The molecule has 0 amide bonds. The van der Waals surface area contributed by atoms with Gasteiger partial charge in [0, 0.05) is 13.0 Å². The number of hydrogen-bond acceptors (Lipinski definition) is 7. The predicted molar refractivity (Wildman–Crippen MR) is 106 cm³/mol. The van der Waals surface area contributed by atoms with E-state index in [1.54, 1.807) is 13.0 Å². The number of benzene rings is 1. The second-order valence-corrected chi connectivity index (χ2v) is 11.2. The van der Waals surface area contributed by atoms with Gasteiger partial charge in [-0.2, -0.15) is 4.31 Å². The number of sulfone groups is 1. The van der Waals surface area contributed by atoms with Crippen LogP contribution >= 0.6 is 0 Å². The quantitative estimate of drug-likeness (QED) is 0.500. The molecule has 1 aromatic rings. The molecular formula is C18H27NO8S2. The predicted octanol–water partition coefficient (Wildman–Crippen LogP) is 0.797. The molecule has 0 aliphatic carbocycles. The second kappa shape index (κ2) is 9.41. The highest BCUT2D eigenvalue weighted by Crippen LogP contribution is 2.31. The summed E-state index contributed by atoms with van der Waals surface area (Å²) in [5, 5.41) is 19.0. The van der Waals surface area contributed by atoms with Crippen LogP contribution in [0, 0.1) is 6.92 Å². The van der Waals surface area contributed by atoms with Crippen molar-refractivity contribution in [2.45, 2.75) is 49.6 Å². The van der Waals surface area contributed by atoms with Crippen molar-refractivity contribution in [2.75, 3.05) is 25.2 Å². The number of aryl methyl sites for hydroxylation is 1. The zero-order chi connectivity index (χ0) is 21.8. The van der Waals surface area contributed by atoms with Gasteiger partial charge < -0.3 is 14.9 Å². The van der Waals surface area contributed by atoms with Gasteiger partial charge in [0.15, 0.2) is 9.84 Å². The van der Waals surface area contributed by atoms with Gasteiger partial charge in [0.25, 0.3) is 0 Å². The molecule has 1 aliphatic rings. The van der Waals surface area contributed by atoms with Gasteiger partial charge in [-0.1, -0.05) is 12.5 Å². The Hall–Kier alpha value is -1.69. The van der Waals surface area contributed by atoms with E-state index in [4.69, 9.17) is 9.84 Å². The van der Waals surface area contributed by atoms with Crippen LogP contribution in [0.25, 0.3) is 0 Å². The molecule has 0 bridgehead atoms. The maximum absolute atomic E-state index is 13.4. The lowest BCUT2D eigenvalue weighted by atomic mass is 10.1. The molecule has 0 spiro atoms. The number of unbranched alkanes of at least 4 members (excludes halogenated alkanes) is 2.